The second kappa shape index (κ2) is 9.19. The van der Waals surface area contributed by atoms with E-state index in [9.17, 15) is 28.9 Å². The lowest BCUT2D eigenvalue weighted by atomic mass is 9.55. The fourth-order valence-electron chi connectivity index (χ4n) is 6.82. The normalized spacial score (nSPS) is 21.7. The molecule has 0 saturated carbocycles. The molecule has 8 rings (SSSR count). The number of benzene rings is 4. The quantitative estimate of drug-likeness (QED) is 0.195. The minimum absolute atomic E-state index is 0.0938. The molecule has 9 heteroatoms. The fraction of sp³-hybridized carbons (Fsp3) is 0.156. The van der Waals surface area contributed by atoms with Crippen molar-refractivity contribution in [2.45, 2.75) is 18.4 Å². The van der Waals surface area contributed by atoms with Crippen LogP contribution in [0.15, 0.2) is 97.1 Å². The Bertz CT molecular complexity index is 1670. The zero-order valence-corrected chi connectivity index (χ0v) is 21.5. The van der Waals surface area contributed by atoms with Gasteiger partial charge < -0.3 is 0 Å². The van der Waals surface area contributed by atoms with Crippen molar-refractivity contribution in [3.63, 3.8) is 0 Å². The van der Waals surface area contributed by atoms with Crippen molar-refractivity contribution in [3.05, 3.63) is 146 Å². The molecule has 2 bridgehead atoms. The molecule has 4 aliphatic rings. The lowest BCUT2D eigenvalue weighted by molar-refractivity contribution is -0.384. The summed E-state index contributed by atoms with van der Waals surface area (Å²) in [5.74, 6) is -4.80. The predicted molar refractivity (Wildman–Crippen MR) is 145 cm³/mol. The Morgan fingerprint density at radius 3 is 1.80 bits per heavy atom. The van der Waals surface area contributed by atoms with Gasteiger partial charge in [0.15, 0.2) is 0 Å². The third kappa shape index (κ3) is 3.62. The Morgan fingerprint density at radius 2 is 1.29 bits per heavy atom. The van der Waals surface area contributed by atoms with E-state index >= 15 is 0 Å². The van der Waals surface area contributed by atoms with Gasteiger partial charge in [-0.05, 0) is 34.4 Å². The number of carbonyl (C=O) groups is 3. The highest BCUT2D eigenvalue weighted by Crippen LogP contribution is 2.61. The van der Waals surface area contributed by atoms with Crippen LogP contribution in [-0.4, -0.2) is 32.7 Å². The monoisotopic (exact) mass is 547 g/mol. The molecule has 8 nitrogen and oxygen atoms in total. The number of imide groups is 1. The van der Waals surface area contributed by atoms with Crippen molar-refractivity contribution >= 4 is 23.4 Å². The molecule has 0 radical (unpaired) electrons. The maximum absolute atomic E-state index is 14.8. The molecule has 202 valence electrons. The van der Waals surface area contributed by atoms with E-state index in [0.29, 0.717) is 0 Å². The molecule has 1 saturated heterocycles. The highest BCUT2D eigenvalue weighted by atomic mass is 19.1. The molecule has 4 aromatic carbocycles. The van der Waals surface area contributed by atoms with E-state index in [4.69, 9.17) is 0 Å². The van der Waals surface area contributed by atoms with Crippen LogP contribution in [0.4, 0.5) is 10.1 Å². The van der Waals surface area contributed by atoms with E-state index in [0.717, 1.165) is 38.3 Å². The zero-order chi connectivity index (χ0) is 28.4. The third-order valence-corrected chi connectivity index (χ3v) is 8.48. The van der Waals surface area contributed by atoms with Gasteiger partial charge in [-0.1, -0.05) is 72.8 Å². The van der Waals surface area contributed by atoms with Gasteiger partial charge in [0.25, 0.3) is 23.4 Å². The summed E-state index contributed by atoms with van der Waals surface area (Å²) in [6.07, 6.45) is 0. The van der Waals surface area contributed by atoms with E-state index < -0.39 is 46.8 Å². The summed E-state index contributed by atoms with van der Waals surface area (Å²) in [7, 11) is 0. The summed E-state index contributed by atoms with van der Waals surface area (Å²) in [5, 5.41) is 13.2. The molecular formula is C32H22FN3O5. The molecule has 0 aromatic heterocycles. The van der Waals surface area contributed by atoms with Crippen molar-refractivity contribution in [1.82, 2.24) is 10.0 Å². The summed E-state index contributed by atoms with van der Waals surface area (Å²) in [5.41, 5.74) is 3.59. The zero-order valence-electron chi connectivity index (χ0n) is 21.5. The molecule has 1 heterocycles. The molecule has 0 unspecified atom stereocenters. The molecule has 2 atom stereocenters. The van der Waals surface area contributed by atoms with E-state index in [1.165, 1.54) is 36.4 Å². The standard InChI is InChI=1S/C32H22FN3O5/c33-25-15-6-1-8-19(25)17-34(30(37)18-9-7-10-20(16-18)36(40)41)35-31(38)28-26-21-11-2-3-12-22(21)27(29(28)32(35)39)24-14-5-4-13-23(24)26/h1-16,26-29H,17H2/t26?,27?,28-,29-/m1/s1. The van der Waals surface area contributed by atoms with Crippen molar-refractivity contribution in [2.75, 3.05) is 0 Å². The number of nitro benzene ring substituents is 1. The Hall–Kier alpha value is -5.18. The molecular weight excluding hydrogens is 525 g/mol. The topological polar surface area (TPSA) is 101 Å². The number of hydrazine groups is 1. The molecule has 3 amide bonds. The highest BCUT2D eigenvalue weighted by molar-refractivity contribution is 6.09. The first-order valence-corrected chi connectivity index (χ1v) is 13.2. The number of amides is 3. The van der Waals surface area contributed by atoms with E-state index in [1.54, 1.807) is 6.07 Å². The minimum atomic E-state index is -0.820. The number of rotatable bonds is 5. The maximum atomic E-state index is 14.8. The van der Waals surface area contributed by atoms with Crippen molar-refractivity contribution in [3.8, 4) is 0 Å². The average molecular weight is 548 g/mol. The van der Waals surface area contributed by atoms with Crippen LogP contribution in [0.5, 0.6) is 0 Å². The van der Waals surface area contributed by atoms with Gasteiger partial charge in [0.1, 0.15) is 5.82 Å². The van der Waals surface area contributed by atoms with Crippen LogP contribution in [-0.2, 0) is 16.1 Å². The number of hydrogen-bond acceptors (Lipinski definition) is 5. The van der Waals surface area contributed by atoms with Crippen LogP contribution in [0, 0.1) is 27.8 Å². The molecule has 0 N–H and O–H groups in total. The summed E-state index contributed by atoms with van der Waals surface area (Å²) in [6, 6.07) is 26.4. The first kappa shape index (κ1) is 24.8. The predicted octanol–water partition coefficient (Wildman–Crippen LogP) is 5.18. The van der Waals surface area contributed by atoms with Crippen molar-refractivity contribution in [1.29, 1.82) is 0 Å². The Labute approximate surface area is 233 Å². The van der Waals surface area contributed by atoms with E-state index in [2.05, 4.69) is 0 Å². The van der Waals surface area contributed by atoms with Crippen molar-refractivity contribution in [2.24, 2.45) is 11.8 Å². The van der Waals surface area contributed by atoms with Crippen LogP contribution >= 0.6 is 0 Å². The van der Waals surface area contributed by atoms with Gasteiger partial charge in [-0.3, -0.25) is 24.5 Å². The Kier molecular flexibility index (Phi) is 5.57. The van der Waals surface area contributed by atoms with Gasteiger partial charge in [0.05, 0.1) is 23.3 Å². The molecule has 3 aliphatic carbocycles. The third-order valence-electron chi connectivity index (χ3n) is 8.48. The molecule has 0 spiro atoms. The minimum Gasteiger partial charge on any atom is -0.272 e. The summed E-state index contributed by atoms with van der Waals surface area (Å²) < 4.78 is 14.8. The summed E-state index contributed by atoms with van der Waals surface area (Å²) >= 11 is 0. The number of nitrogens with zero attached hydrogens (tertiary/aromatic N) is 3. The Morgan fingerprint density at radius 1 is 0.780 bits per heavy atom. The maximum Gasteiger partial charge on any atom is 0.273 e. The number of nitro groups is 1. The van der Waals surface area contributed by atoms with Crippen LogP contribution < -0.4 is 0 Å². The smallest absolute Gasteiger partial charge is 0.272 e. The first-order valence-electron chi connectivity index (χ1n) is 13.2. The van der Waals surface area contributed by atoms with Gasteiger partial charge in [-0.2, -0.15) is 5.01 Å². The van der Waals surface area contributed by atoms with Crippen LogP contribution in [0.2, 0.25) is 0 Å². The molecule has 41 heavy (non-hydrogen) atoms. The van der Waals surface area contributed by atoms with E-state index in [1.807, 2.05) is 48.5 Å². The number of halogens is 1. The second-order valence-electron chi connectivity index (χ2n) is 10.5. The lowest BCUT2D eigenvalue weighted by Crippen LogP contribution is -2.50. The average Bonchev–Trinajstić information content (AvgIpc) is 3.26. The van der Waals surface area contributed by atoms with Crippen molar-refractivity contribution < 1.29 is 23.7 Å². The summed E-state index contributed by atoms with van der Waals surface area (Å²) in [6.45, 7) is -0.416. The second-order valence-corrected chi connectivity index (χ2v) is 10.5. The van der Waals surface area contributed by atoms with Crippen LogP contribution in [0.25, 0.3) is 0 Å². The number of carbonyl (C=O) groups excluding carboxylic acids is 3. The number of hydrogen-bond donors (Lipinski definition) is 0. The SMILES string of the molecule is O=C(c1cccc([N+](=O)[O-])c1)N(Cc1ccccc1F)N1C(=O)[C@@H]2C3c4ccccc4C(c4ccccc43)[C@H]2C1=O. The van der Waals surface area contributed by atoms with Gasteiger partial charge in [-0.15, -0.1) is 0 Å². The van der Waals surface area contributed by atoms with Crippen LogP contribution in [0.1, 0.15) is 50.0 Å². The Balaban J connectivity index is 1.36. The van der Waals surface area contributed by atoms with Gasteiger partial charge in [0, 0.05) is 35.1 Å². The molecule has 1 aliphatic heterocycles. The van der Waals surface area contributed by atoms with Gasteiger partial charge in [0.2, 0.25) is 0 Å². The summed E-state index contributed by atoms with van der Waals surface area (Å²) in [4.78, 5) is 53.3. The highest BCUT2D eigenvalue weighted by Gasteiger charge is 2.63. The van der Waals surface area contributed by atoms with Crippen LogP contribution in [0.3, 0.4) is 0 Å². The van der Waals surface area contributed by atoms with Gasteiger partial charge in [-0.25, -0.2) is 9.40 Å². The molecule has 1 fully saturated rings. The van der Waals surface area contributed by atoms with E-state index in [-0.39, 0.29) is 28.7 Å². The molecule has 4 aromatic rings. The van der Waals surface area contributed by atoms with Gasteiger partial charge >= 0.3 is 0 Å². The number of non-ortho nitro benzene ring substituents is 1. The lowest BCUT2D eigenvalue weighted by Gasteiger charge is -2.45. The largest absolute Gasteiger partial charge is 0.273 e. The first-order chi connectivity index (χ1) is 19.9. The fourth-order valence-corrected chi connectivity index (χ4v) is 6.82.